The molecule has 1 aliphatic heterocycles. The Labute approximate surface area is 252 Å². The maximum Gasteiger partial charge on any atom is 0.232 e. The Bertz CT molecular complexity index is 1810. The van der Waals surface area contributed by atoms with Gasteiger partial charge >= 0.3 is 0 Å². The van der Waals surface area contributed by atoms with Crippen LogP contribution in [0.4, 0.5) is 5.69 Å². The van der Waals surface area contributed by atoms with Crippen LogP contribution in [0.1, 0.15) is 58.2 Å². The topological polar surface area (TPSA) is 20.3 Å². The number of benzene rings is 5. The van der Waals surface area contributed by atoms with Gasteiger partial charge in [0.05, 0.1) is 12.0 Å². The second kappa shape index (κ2) is 10.1. The van der Waals surface area contributed by atoms with E-state index in [1.165, 1.54) is 65.8 Å². The minimum absolute atomic E-state index is 0.0504. The largest absolute Gasteiger partial charge is 0.307 e. The van der Waals surface area contributed by atoms with E-state index in [1.807, 2.05) is 20.8 Å². The average molecular weight is 572 g/mol. The van der Waals surface area contributed by atoms with E-state index in [1.54, 1.807) is 0 Å². The van der Waals surface area contributed by atoms with Gasteiger partial charge in [-0.15, -0.1) is 0 Å². The van der Waals surface area contributed by atoms with Gasteiger partial charge in [0, 0.05) is 10.7 Å². The molecule has 3 heteroatoms. The number of nitrogens with zero attached hydrogens (tertiary/aromatic N) is 1. The van der Waals surface area contributed by atoms with Crippen molar-refractivity contribution in [3.63, 3.8) is 0 Å². The van der Waals surface area contributed by atoms with Crippen molar-refractivity contribution >= 4 is 46.4 Å². The first-order valence-electron chi connectivity index (χ1n) is 15.0. The number of hydrogen-bond donors (Lipinski definition) is 0. The molecule has 42 heavy (non-hydrogen) atoms. The van der Waals surface area contributed by atoms with E-state index in [0.29, 0.717) is 0 Å². The van der Waals surface area contributed by atoms with Gasteiger partial charge in [0.1, 0.15) is 0 Å². The maximum absolute atomic E-state index is 13.8. The quantitative estimate of drug-likeness (QED) is 0.152. The Morgan fingerprint density at radius 1 is 0.667 bits per heavy atom. The van der Waals surface area contributed by atoms with E-state index in [4.69, 9.17) is 0 Å². The zero-order valence-corrected chi connectivity index (χ0v) is 27.4. The summed E-state index contributed by atoms with van der Waals surface area (Å²) >= 11 is 0. The fourth-order valence-electron chi connectivity index (χ4n) is 6.91. The molecule has 0 aliphatic carbocycles. The van der Waals surface area contributed by atoms with Crippen LogP contribution in [0.5, 0.6) is 0 Å². The SMILES string of the molecule is Cc1cc(C)c(-c2c3ccccc3c(-c3cccc4c3P(C(C)(C)C)CN4C(=O)C(C)(C)C)c3ccccc23)c(C)c1. The first-order valence-corrected chi connectivity index (χ1v) is 16.6. The van der Waals surface area contributed by atoms with Crippen LogP contribution < -0.4 is 10.2 Å². The minimum Gasteiger partial charge on any atom is -0.307 e. The lowest BCUT2D eigenvalue weighted by Crippen LogP contribution is -2.38. The van der Waals surface area contributed by atoms with Gasteiger partial charge in [-0.05, 0) is 94.8 Å². The third-order valence-corrected chi connectivity index (χ3v) is 11.9. The van der Waals surface area contributed by atoms with E-state index < -0.39 is 13.3 Å². The molecule has 0 saturated heterocycles. The smallest absolute Gasteiger partial charge is 0.232 e. The molecule has 5 aromatic rings. The van der Waals surface area contributed by atoms with Crippen molar-refractivity contribution in [3.05, 3.63) is 95.6 Å². The highest BCUT2D eigenvalue weighted by Gasteiger charge is 2.42. The highest BCUT2D eigenvalue weighted by molar-refractivity contribution is 7.68. The monoisotopic (exact) mass is 571 g/mol. The summed E-state index contributed by atoms with van der Waals surface area (Å²) in [5, 5.41) is 6.50. The number of carbonyl (C=O) groups excluding carboxylic acids is 1. The van der Waals surface area contributed by atoms with Gasteiger partial charge in [-0.2, -0.15) is 0 Å². The molecule has 6 rings (SSSR count). The van der Waals surface area contributed by atoms with E-state index in [0.717, 1.165) is 12.0 Å². The number of fused-ring (bicyclic) bond motifs is 3. The fraction of sp³-hybridized carbons (Fsp3) is 0.308. The van der Waals surface area contributed by atoms with Crippen molar-refractivity contribution in [2.24, 2.45) is 5.41 Å². The van der Waals surface area contributed by atoms with Gasteiger partial charge in [0.2, 0.25) is 5.91 Å². The molecule has 1 aliphatic rings. The van der Waals surface area contributed by atoms with E-state index >= 15 is 0 Å². The molecule has 0 bridgehead atoms. The summed E-state index contributed by atoms with van der Waals surface area (Å²) in [6.07, 6.45) is 0.775. The van der Waals surface area contributed by atoms with Crippen LogP contribution in [0, 0.1) is 26.2 Å². The zero-order valence-electron chi connectivity index (χ0n) is 26.5. The Kier molecular flexibility index (Phi) is 6.86. The Balaban J connectivity index is 1.75. The van der Waals surface area contributed by atoms with E-state index in [2.05, 4.69) is 125 Å². The van der Waals surface area contributed by atoms with E-state index in [-0.39, 0.29) is 11.1 Å². The number of carbonyl (C=O) groups is 1. The van der Waals surface area contributed by atoms with Gasteiger partial charge in [-0.3, -0.25) is 4.79 Å². The summed E-state index contributed by atoms with van der Waals surface area (Å²) in [6.45, 7) is 19.8. The Hall–Kier alpha value is -3.48. The molecule has 0 fully saturated rings. The summed E-state index contributed by atoms with van der Waals surface area (Å²) in [4.78, 5) is 15.9. The van der Waals surface area contributed by atoms with Crippen LogP contribution in [0.3, 0.4) is 0 Å². The minimum atomic E-state index is -0.636. The van der Waals surface area contributed by atoms with Crippen molar-refractivity contribution in [3.8, 4) is 22.3 Å². The molecular weight excluding hydrogens is 529 g/mol. The van der Waals surface area contributed by atoms with Crippen molar-refractivity contribution in [2.75, 3.05) is 11.2 Å². The second-order valence-corrected chi connectivity index (χ2v) is 16.9. The van der Waals surface area contributed by atoms with Gasteiger partial charge in [0.25, 0.3) is 0 Å². The van der Waals surface area contributed by atoms with Crippen LogP contribution in [0.15, 0.2) is 78.9 Å². The second-order valence-electron chi connectivity index (χ2n) is 14.0. The third kappa shape index (κ3) is 4.56. The number of rotatable bonds is 2. The third-order valence-electron chi connectivity index (χ3n) is 8.68. The van der Waals surface area contributed by atoms with Crippen LogP contribution >= 0.6 is 7.92 Å². The lowest BCUT2D eigenvalue weighted by molar-refractivity contribution is -0.125. The lowest BCUT2D eigenvalue weighted by Gasteiger charge is -2.31. The molecule has 0 spiro atoms. The highest BCUT2D eigenvalue weighted by atomic mass is 31.1. The fourth-order valence-corrected chi connectivity index (χ4v) is 9.66. The van der Waals surface area contributed by atoms with Crippen LogP contribution in [0.2, 0.25) is 0 Å². The Morgan fingerprint density at radius 2 is 1.17 bits per heavy atom. The van der Waals surface area contributed by atoms with Gasteiger partial charge < -0.3 is 4.90 Å². The first-order chi connectivity index (χ1) is 19.8. The molecule has 1 amide bonds. The van der Waals surface area contributed by atoms with Gasteiger partial charge in [0.15, 0.2) is 0 Å². The number of anilines is 1. The number of hydrogen-bond acceptors (Lipinski definition) is 1. The van der Waals surface area contributed by atoms with Gasteiger partial charge in [-0.1, -0.05) is 120 Å². The summed E-state index contributed by atoms with van der Waals surface area (Å²) < 4.78 is 0. The van der Waals surface area contributed by atoms with Crippen molar-refractivity contribution < 1.29 is 4.79 Å². The number of amides is 1. The average Bonchev–Trinajstić information content (AvgIpc) is 3.32. The number of aryl methyl sites for hydroxylation is 3. The molecule has 1 unspecified atom stereocenters. The molecule has 0 aromatic heterocycles. The van der Waals surface area contributed by atoms with Crippen molar-refractivity contribution in [2.45, 2.75) is 67.5 Å². The van der Waals surface area contributed by atoms with Crippen LogP contribution in [-0.4, -0.2) is 17.3 Å². The van der Waals surface area contributed by atoms with E-state index in [9.17, 15) is 4.79 Å². The predicted octanol–water partition coefficient (Wildman–Crippen LogP) is 10.5. The molecule has 0 radical (unpaired) electrons. The van der Waals surface area contributed by atoms with Crippen molar-refractivity contribution in [1.29, 1.82) is 0 Å². The molecule has 1 atom stereocenters. The molecule has 1 heterocycles. The summed E-state index contributed by atoms with van der Waals surface area (Å²) in [6, 6.07) is 29.1. The normalized spacial score (nSPS) is 15.5. The zero-order chi connectivity index (χ0) is 30.1. The highest BCUT2D eigenvalue weighted by Crippen LogP contribution is 2.58. The molecule has 214 valence electrons. The maximum atomic E-state index is 13.8. The summed E-state index contributed by atoms with van der Waals surface area (Å²) in [5.41, 5.74) is 9.76. The standard InChI is InChI=1S/C39H42NOP/c1-24-21-25(2)33(26(3)22-24)35-29-17-12-10-15-27(29)34(28-16-11-13-18-30(28)35)31-19-14-20-32-36(31)42(39(7,8)9)23-40(32)37(41)38(4,5)6/h10-22H,23H2,1-9H3. The van der Waals surface area contributed by atoms with Crippen LogP contribution in [-0.2, 0) is 4.79 Å². The Morgan fingerprint density at radius 3 is 1.64 bits per heavy atom. The summed E-state index contributed by atoms with van der Waals surface area (Å²) in [7, 11) is -0.636. The summed E-state index contributed by atoms with van der Waals surface area (Å²) in [5.74, 6) is 0.200. The van der Waals surface area contributed by atoms with Crippen molar-refractivity contribution in [1.82, 2.24) is 0 Å². The molecule has 5 aromatic carbocycles. The molecular formula is C39H42NOP. The molecule has 0 N–H and O–H groups in total. The molecule has 0 saturated carbocycles. The van der Waals surface area contributed by atoms with Crippen LogP contribution in [0.25, 0.3) is 43.8 Å². The first kappa shape index (κ1) is 28.6. The lowest BCUT2D eigenvalue weighted by atomic mass is 9.83. The molecule has 2 nitrogen and oxygen atoms in total. The van der Waals surface area contributed by atoms with Gasteiger partial charge in [-0.25, -0.2) is 0 Å². The predicted molar refractivity (Wildman–Crippen MR) is 185 cm³/mol.